The van der Waals surface area contributed by atoms with Crippen LogP contribution in [0.25, 0.3) is 0 Å². The van der Waals surface area contributed by atoms with E-state index in [-0.39, 0.29) is 11.9 Å². The van der Waals surface area contributed by atoms with E-state index in [9.17, 15) is 4.79 Å². The molecule has 2 atom stereocenters. The zero-order valence-electron chi connectivity index (χ0n) is 10.4. The van der Waals surface area contributed by atoms with Gasteiger partial charge in [-0.3, -0.25) is 4.79 Å². The lowest BCUT2D eigenvalue weighted by Crippen LogP contribution is -2.40. The summed E-state index contributed by atoms with van der Waals surface area (Å²) < 4.78 is 0. The molecule has 0 saturated heterocycles. The van der Waals surface area contributed by atoms with E-state index in [0.717, 1.165) is 12.5 Å². The van der Waals surface area contributed by atoms with Crippen LogP contribution in [0.4, 0.5) is 0 Å². The number of nitrogens with one attached hydrogen (secondary N) is 1. The summed E-state index contributed by atoms with van der Waals surface area (Å²) in [6, 6.07) is 0.711. The Bertz CT molecular complexity index is 214. The Morgan fingerprint density at radius 1 is 1.47 bits per heavy atom. The van der Waals surface area contributed by atoms with Crippen molar-refractivity contribution >= 4 is 5.91 Å². The molecule has 0 radical (unpaired) electrons. The third-order valence-electron chi connectivity index (χ3n) is 3.34. The average molecular weight is 212 g/mol. The molecule has 0 heterocycles. The molecule has 1 rings (SSSR count). The summed E-state index contributed by atoms with van der Waals surface area (Å²) in [5.41, 5.74) is 0. The molecule has 0 aliphatic heterocycles. The lowest BCUT2D eigenvalue weighted by Gasteiger charge is -2.26. The Morgan fingerprint density at radius 3 is 2.53 bits per heavy atom. The highest BCUT2D eigenvalue weighted by Crippen LogP contribution is 2.34. The molecule has 1 amide bonds. The van der Waals surface area contributed by atoms with Crippen molar-refractivity contribution in [3.63, 3.8) is 0 Å². The molecule has 1 saturated carbocycles. The standard InChI is InChI=1S/C12H24N2O/c1-5-13-9(2)8-12(15)14(4)10(3)11-6-7-11/h9-11,13H,5-8H2,1-4H3. The number of hydrogen-bond acceptors (Lipinski definition) is 2. The summed E-state index contributed by atoms with van der Waals surface area (Å²) in [5.74, 6) is 1.02. The Morgan fingerprint density at radius 2 is 2.07 bits per heavy atom. The maximum atomic E-state index is 11.9. The van der Waals surface area contributed by atoms with Gasteiger partial charge in [-0.1, -0.05) is 6.92 Å². The number of nitrogens with zero attached hydrogens (tertiary/aromatic N) is 1. The highest BCUT2D eigenvalue weighted by molar-refractivity contribution is 5.76. The van der Waals surface area contributed by atoms with Crippen LogP contribution in [-0.4, -0.2) is 36.5 Å². The van der Waals surface area contributed by atoms with Gasteiger partial charge >= 0.3 is 0 Å². The van der Waals surface area contributed by atoms with E-state index in [1.165, 1.54) is 12.8 Å². The van der Waals surface area contributed by atoms with Gasteiger partial charge in [-0.15, -0.1) is 0 Å². The van der Waals surface area contributed by atoms with E-state index in [1.54, 1.807) is 0 Å². The largest absolute Gasteiger partial charge is 0.343 e. The number of carbonyl (C=O) groups is 1. The average Bonchev–Trinajstić information content (AvgIpc) is 2.99. The van der Waals surface area contributed by atoms with Gasteiger partial charge in [0.1, 0.15) is 0 Å². The number of carbonyl (C=O) groups excluding carboxylic acids is 1. The van der Waals surface area contributed by atoms with Gasteiger partial charge < -0.3 is 10.2 Å². The van der Waals surface area contributed by atoms with Crippen molar-refractivity contribution in [3.8, 4) is 0 Å². The SMILES string of the molecule is CCNC(C)CC(=O)N(C)C(C)C1CC1. The summed E-state index contributed by atoms with van der Waals surface area (Å²) in [5, 5.41) is 3.27. The van der Waals surface area contributed by atoms with Gasteiger partial charge in [0.2, 0.25) is 5.91 Å². The van der Waals surface area contributed by atoms with Crippen LogP contribution in [0.5, 0.6) is 0 Å². The Kier molecular flexibility index (Phi) is 4.58. The maximum Gasteiger partial charge on any atom is 0.224 e. The van der Waals surface area contributed by atoms with Gasteiger partial charge in [0.25, 0.3) is 0 Å². The molecular weight excluding hydrogens is 188 g/mol. The first kappa shape index (κ1) is 12.5. The molecule has 0 bridgehead atoms. The van der Waals surface area contributed by atoms with Crippen LogP contribution >= 0.6 is 0 Å². The molecule has 0 aromatic rings. The molecule has 0 spiro atoms. The molecule has 1 N–H and O–H groups in total. The second-order valence-corrected chi connectivity index (χ2v) is 4.75. The maximum absolute atomic E-state index is 11.9. The molecular formula is C12H24N2O. The molecule has 0 aromatic carbocycles. The monoisotopic (exact) mass is 212 g/mol. The molecule has 3 nitrogen and oxygen atoms in total. The quantitative estimate of drug-likeness (QED) is 0.726. The van der Waals surface area contributed by atoms with Crippen molar-refractivity contribution in [3.05, 3.63) is 0 Å². The van der Waals surface area contributed by atoms with E-state index >= 15 is 0 Å². The van der Waals surface area contributed by atoms with Gasteiger partial charge in [-0.05, 0) is 39.2 Å². The fourth-order valence-electron chi connectivity index (χ4n) is 1.95. The van der Waals surface area contributed by atoms with Crippen molar-refractivity contribution in [2.45, 2.75) is 52.1 Å². The number of hydrogen-bond donors (Lipinski definition) is 1. The van der Waals surface area contributed by atoms with Crippen LogP contribution < -0.4 is 5.32 Å². The fraction of sp³-hybridized carbons (Fsp3) is 0.917. The molecule has 1 aliphatic rings. The van der Waals surface area contributed by atoms with Gasteiger partial charge in [0.05, 0.1) is 0 Å². The van der Waals surface area contributed by atoms with Crippen LogP contribution in [0, 0.1) is 5.92 Å². The topological polar surface area (TPSA) is 32.3 Å². The Balaban J connectivity index is 2.31. The van der Waals surface area contributed by atoms with E-state index < -0.39 is 0 Å². The summed E-state index contributed by atoms with van der Waals surface area (Å²) in [7, 11) is 1.93. The van der Waals surface area contributed by atoms with Gasteiger partial charge in [0.15, 0.2) is 0 Å². The second kappa shape index (κ2) is 5.50. The smallest absolute Gasteiger partial charge is 0.224 e. The highest BCUT2D eigenvalue weighted by atomic mass is 16.2. The second-order valence-electron chi connectivity index (χ2n) is 4.75. The summed E-state index contributed by atoms with van der Waals surface area (Å²) >= 11 is 0. The summed E-state index contributed by atoms with van der Waals surface area (Å²) in [6.45, 7) is 7.22. The minimum absolute atomic E-state index is 0.267. The lowest BCUT2D eigenvalue weighted by molar-refractivity contribution is -0.132. The van der Waals surface area contributed by atoms with Crippen molar-refractivity contribution in [2.24, 2.45) is 5.92 Å². The molecule has 1 aliphatic carbocycles. The number of amides is 1. The first-order valence-corrected chi connectivity index (χ1v) is 6.05. The van der Waals surface area contributed by atoms with Crippen LogP contribution in [0.1, 0.15) is 40.0 Å². The van der Waals surface area contributed by atoms with Crippen molar-refractivity contribution in [2.75, 3.05) is 13.6 Å². The molecule has 0 aromatic heterocycles. The Hall–Kier alpha value is -0.570. The van der Waals surface area contributed by atoms with E-state index in [2.05, 4.69) is 26.1 Å². The predicted octanol–water partition coefficient (Wildman–Crippen LogP) is 1.63. The third kappa shape index (κ3) is 3.82. The normalized spacial score (nSPS) is 19.7. The van der Waals surface area contributed by atoms with Crippen molar-refractivity contribution in [1.29, 1.82) is 0 Å². The fourth-order valence-corrected chi connectivity index (χ4v) is 1.95. The van der Waals surface area contributed by atoms with E-state index in [4.69, 9.17) is 0 Å². The van der Waals surface area contributed by atoms with Crippen LogP contribution in [0.3, 0.4) is 0 Å². The number of rotatable bonds is 6. The summed E-state index contributed by atoms with van der Waals surface area (Å²) in [6.07, 6.45) is 3.20. The highest BCUT2D eigenvalue weighted by Gasteiger charge is 2.32. The zero-order chi connectivity index (χ0) is 11.4. The first-order valence-electron chi connectivity index (χ1n) is 6.05. The lowest BCUT2D eigenvalue weighted by atomic mass is 10.1. The van der Waals surface area contributed by atoms with Gasteiger partial charge in [-0.2, -0.15) is 0 Å². The van der Waals surface area contributed by atoms with Crippen LogP contribution in [-0.2, 0) is 4.79 Å². The van der Waals surface area contributed by atoms with Gasteiger partial charge in [-0.25, -0.2) is 0 Å². The van der Waals surface area contributed by atoms with Crippen molar-refractivity contribution in [1.82, 2.24) is 10.2 Å². The predicted molar refractivity (Wildman–Crippen MR) is 62.7 cm³/mol. The molecule has 1 fully saturated rings. The molecule has 2 unspecified atom stereocenters. The minimum Gasteiger partial charge on any atom is -0.343 e. The molecule has 15 heavy (non-hydrogen) atoms. The van der Waals surface area contributed by atoms with Crippen molar-refractivity contribution < 1.29 is 4.79 Å². The Labute approximate surface area is 93.2 Å². The van der Waals surface area contributed by atoms with Crippen LogP contribution in [0.2, 0.25) is 0 Å². The van der Waals surface area contributed by atoms with Crippen LogP contribution in [0.15, 0.2) is 0 Å². The van der Waals surface area contributed by atoms with E-state index in [0.29, 0.717) is 12.5 Å². The van der Waals surface area contributed by atoms with Gasteiger partial charge in [0, 0.05) is 25.6 Å². The minimum atomic E-state index is 0.267. The third-order valence-corrected chi connectivity index (χ3v) is 3.34. The zero-order valence-corrected chi connectivity index (χ0v) is 10.4. The van der Waals surface area contributed by atoms with E-state index in [1.807, 2.05) is 11.9 Å². The first-order chi connectivity index (χ1) is 7.06. The molecule has 88 valence electrons. The summed E-state index contributed by atoms with van der Waals surface area (Å²) in [4.78, 5) is 13.8. The molecule has 3 heteroatoms.